The van der Waals surface area contributed by atoms with Crippen molar-refractivity contribution in [2.24, 2.45) is 16.8 Å². The van der Waals surface area contributed by atoms with Crippen molar-refractivity contribution in [1.29, 1.82) is 0 Å². The Bertz CT molecular complexity index is 468. The number of piperidine rings is 1. The summed E-state index contributed by atoms with van der Waals surface area (Å²) in [6.45, 7) is 7.94. The lowest BCUT2D eigenvalue weighted by Crippen LogP contribution is -2.41. The van der Waals surface area contributed by atoms with Crippen molar-refractivity contribution in [2.45, 2.75) is 46.2 Å². The minimum absolute atomic E-state index is 0.164. The van der Waals surface area contributed by atoms with Gasteiger partial charge in [-0.3, -0.25) is 9.58 Å². The Balaban J connectivity index is 2.04. The van der Waals surface area contributed by atoms with Crippen LogP contribution in [0.25, 0.3) is 0 Å². The largest absolute Gasteiger partial charge is 0.409 e. The number of aryl methyl sites for hydroxylation is 2. The van der Waals surface area contributed by atoms with Gasteiger partial charge in [0.15, 0.2) is 0 Å². The predicted molar refractivity (Wildman–Crippen MR) is 78.7 cm³/mol. The summed E-state index contributed by atoms with van der Waals surface area (Å²) >= 11 is 0. The van der Waals surface area contributed by atoms with Crippen LogP contribution in [0.2, 0.25) is 0 Å². The van der Waals surface area contributed by atoms with E-state index >= 15 is 0 Å². The smallest absolute Gasteiger partial charge is 0.143 e. The van der Waals surface area contributed by atoms with Crippen molar-refractivity contribution in [1.82, 2.24) is 14.7 Å². The zero-order valence-electron chi connectivity index (χ0n) is 12.4. The van der Waals surface area contributed by atoms with E-state index in [4.69, 9.17) is 10.9 Å². The van der Waals surface area contributed by atoms with Crippen LogP contribution in [0.15, 0.2) is 11.2 Å². The lowest BCUT2D eigenvalue weighted by Gasteiger charge is -2.31. The Morgan fingerprint density at radius 1 is 1.55 bits per heavy atom. The number of rotatable bonds is 5. The van der Waals surface area contributed by atoms with E-state index in [1.54, 1.807) is 0 Å². The summed E-state index contributed by atoms with van der Waals surface area (Å²) in [5, 5.41) is 16.6. The molecule has 6 heteroatoms. The molecule has 20 heavy (non-hydrogen) atoms. The third-order valence-corrected chi connectivity index (χ3v) is 4.00. The van der Waals surface area contributed by atoms with Gasteiger partial charge < -0.3 is 10.9 Å². The third kappa shape index (κ3) is 3.30. The lowest BCUT2D eigenvalue weighted by atomic mass is 9.97. The molecule has 0 spiro atoms. The Hall–Kier alpha value is -1.56. The van der Waals surface area contributed by atoms with E-state index in [2.05, 4.69) is 39.7 Å². The monoisotopic (exact) mass is 279 g/mol. The first-order valence-electron chi connectivity index (χ1n) is 7.43. The van der Waals surface area contributed by atoms with Gasteiger partial charge in [-0.15, -0.1) is 0 Å². The van der Waals surface area contributed by atoms with Crippen molar-refractivity contribution in [2.75, 3.05) is 13.1 Å². The quantitative estimate of drug-likeness (QED) is 0.370. The normalized spacial score (nSPS) is 21.3. The third-order valence-electron chi connectivity index (χ3n) is 4.00. The number of aromatic nitrogens is 2. The molecule has 6 nitrogen and oxygen atoms in total. The summed E-state index contributed by atoms with van der Waals surface area (Å²) in [4.78, 5) is 2.37. The minimum Gasteiger partial charge on any atom is -0.409 e. The van der Waals surface area contributed by atoms with Gasteiger partial charge >= 0.3 is 0 Å². The van der Waals surface area contributed by atoms with Crippen LogP contribution in [0.4, 0.5) is 0 Å². The van der Waals surface area contributed by atoms with E-state index in [9.17, 15) is 0 Å². The summed E-state index contributed by atoms with van der Waals surface area (Å²) < 4.78 is 2.08. The summed E-state index contributed by atoms with van der Waals surface area (Å²) in [6.07, 6.45) is 3.05. The second-order valence-corrected chi connectivity index (χ2v) is 5.40. The average Bonchev–Trinajstić information content (AvgIpc) is 2.88. The standard InChI is InChI=1S/C14H25N5O/c1-3-12-8-13(19(4-2)16-12)10-18-7-5-6-11(9-18)14(15)17-20/h8,11,20H,3-7,9-10H2,1-2H3,(H2,15,17). The molecule has 112 valence electrons. The molecule has 1 aliphatic heterocycles. The highest BCUT2D eigenvalue weighted by Gasteiger charge is 2.24. The van der Waals surface area contributed by atoms with Crippen LogP contribution in [0.3, 0.4) is 0 Å². The van der Waals surface area contributed by atoms with Crippen LogP contribution in [0, 0.1) is 5.92 Å². The molecule has 2 rings (SSSR count). The predicted octanol–water partition coefficient (Wildman–Crippen LogP) is 1.42. The zero-order chi connectivity index (χ0) is 14.5. The van der Waals surface area contributed by atoms with Gasteiger partial charge in [-0.2, -0.15) is 5.10 Å². The summed E-state index contributed by atoms with van der Waals surface area (Å²) in [6, 6.07) is 2.19. The Labute approximate surface area is 120 Å². The van der Waals surface area contributed by atoms with Gasteiger partial charge in [0.25, 0.3) is 0 Å². The summed E-state index contributed by atoms with van der Waals surface area (Å²) in [5.41, 5.74) is 8.14. The van der Waals surface area contributed by atoms with Crippen LogP contribution in [-0.2, 0) is 19.5 Å². The molecular formula is C14H25N5O. The van der Waals surface area contributed by atoms with Crippen molar-refractivity contribution >= 4 is 5.84 Å². The minimum atomic E-state index is 0.164. The van der Waals surface area contributed by atoms with Gasteiger partial charge in [-0.1, -0.05) is 12.1 Å². The van der Waals surface area contributed by atoms with E-state index < -0.39 is 0 Å². The Morgan fingerprint density at radius 3 is 3.00 bits per heavy atom. The van der Waals surface area contributed by atoms with Crippen molar-refractivity contribution in [3.8, 4) is 0 Å². The fraction of sp³-hybridized carbons (Fsp3) is 0.714. The van der Waals surface area contributed by atoms with E-state index in [0.29, 0.717) is 5.84 Å². The van der Waals surface area contributed by atoms with Crippen molar-refractivity contribution in [3.05, 3.63) is 17.5 Å². The number of oxime groups is 1. The van der Waals surface area contributed by atoms with Gasteiger partial charge in [0.05, 0.1) is 11.4 Å². The van der Waals surface area contributed by atoms with Crippen LogP contribution < -0.4 is 5.73 Å². The van der Waals surface area contributed by atoms with Gasteiger partial charge in [0, 0.05) is 25.6 Å². The first kappa shape index (κ1) is 14.8. The Morgan fingerprint density at radius 2 is 2.35 bits per heavy atom. The molecule has 1 aliphatic rings. The molecular weight excluding hydrogens is 254 g/mol. The van der Waals surface area contributed by atoms with E-state index in [1.807, 2.05) is 0 Å². The van der Waals surface area contributed by atoms with Crippen molar-refractivity contribution < 1.29 is 5.21 Å². The van der Waals surface area contributed by atoms with Crippen LogP contribution >= 0.6 is 0 Å². The Kier molecular flexibility index (Phi) is 5.00. The molecule has 0 saturated carbocycles. The number of hydrogen-bond donors (Lipinski definition) is 2. The topological polar surface area (TPSA) is 79.7 Å². The molecule has 1 aromatic heterocycles. The van der Waals surface area contributed by atoms with Crippen molar-refractivity contribution in [3.63, 3.8) is 0 Å². The van der Waals surface area contributed by atoms with Gasteiger partial charge in [0.2, 0.25) is 0 Å². The first-order chi connectivity index (χ1) is 9.67. The maximum Gasteiger partial charge on any atom is 0.143 e. The molecule has 1 fully saturated rings. The zero-order valence-corrected chi connectivity index (χ0v) is 12.4. The highest BCUT2D eigenvalue weighted by Crippen LogP contribution is 2.19. The number of nitrogens with zero attached hydrogens (tertiary/aromatic N) is 4. The molecule has 2 heterocycles. The van der Waals surface area contributed by atoms with E-state index in [-0.39, 0.29) is 5.92 Å². The van der Waals surface area contributed by atoms with Gasteiger partial charge in [0.1, 0.15) is 5.84 Å². The van der Waals surface area contributed by atoms with E-state index in [1.165, 1.54) is 5.69 Å². The second-order valence-electron chi connectivity index (χ2n) is 5.40. The highest BCUT2D eigenvalue weighted by molar-refractivity contribution is 5.82. The SMILES string of the molecule is CCc1cc(CN2CCCC(C(N)=NO)C2)n(CC)n1. The van der Waals surface area contributed by atoms with Crippen LogP contribution in [0.1, 0.15) is 38.1 Å². The lowest BCUT2D eigenvalue weighted by molar-refractivity contribution is 0.188. The number of hydrogen-bond acceptors (Lipinski definition) is 4. The van der Waals surface area contributed by atoms with Crippen LogP contribution in [0.5, 0.6) is 0 Å². The second kappa shape index (κ2) is 6.74. The fourth-order valence-electron chi connectivity index (χ4n) is 2.84. The summed E-state index contributed by atoms with van der Waals surface area (Å²) in [5.74, 6) is 0.519. The number of likely N-dealkylation sites (tertiary alicyclic amines) is 1. The molecule has 0 aliphatic carbocycles. The molecule has 0 aromatic carbocycles. The molecule has 1 saturated heterocycles. The van der Waals surface area contributed by atoms with Gasteiger partial charge in [-0.25, -0.2) is 0 Å². The molecule has 0 amide bonds. The molecule has 1 aromatic rings. The first-order valence-corrected chi connectivity index (χ1v) is 7.43. The molecule has 0 bridgehead atoms. The molecule has 3 N–H and O–H groups in total. The molecule has 1 unspecified atom stereocenters. The molecule has 0 radical (unpaired) electrons. The average molecular weight is 279 g/mol. The number of nitrogens with two attached hydrogens (primary N) is 1. The maximum atomic E-state index is 8.81. The number of amidine groups is 1. The van der Waals surface area contributed by atoms with Crippen LogP contribution in [-0.4, -0.2) is 38.8 Å². The maximum absolute atomic E-state index is 8.81. The fourth-order valence-corrected chi connectivity index (χ4v) is 2.84. The van der Waals surface area contributed by atoms with E-state index in [0.717, 1.165) is 51.1 Å². The highest BCUT2D eigenvalue weighted by atomic mass is 16.4. The van der Waals surface area contributed by atoms with Gasteiger partial charge in [-0.05, 0) is 38.8 Å². The molecule has 1 atom stereocenters. The summed E-state index contributed by atoms with van der Waals surface area (Å²) in [7, 11) is 0.